The van der Waals surface area contributed by atoms with Gasteiger partial charge < -0.3 is 15.7 Å². The zero-order valence-electron chi connectivity index (χ0n) is 19.3. The molecular formula is C29H32N2O2S. The Balaban J connectivity index is 1.44. The topological polar surface area (TPSA) is 66.6 Å². The molecule has 3 aromatic rings. The van der Waals surface area contributed by atoms with E-state index in [-0.39, 0.29) is 28.6 Å². The van der Waals surface area contributed by atoms with Crippen LogP contribution in [0.2, 0.25) is 0 Å². The minimum Gasteiger partial charge on any atom is -0.398 e. The molecule has 0 aromatic heterocycles. The van der Waals surface area contributed by atoms with Gasteiger partial charge in [0.15, 0.2) is 0 Å². The Bertz CT molecular complexity index is 1080. The molecule has 0 bridgehead atoms. The molecule has 2 fully saturated rings. The quantitative estimate of drug-likeness (QED) is 0.505. The van der Waals surface area contributed by atoms with Crippen molar-refractivity contribution in [1.82, 2.24) is 4.90 Å². The van der Waals surface area contributed by atoms with E-state index in [4.69, 9.17) is 5.73 Å². The van der Waals surface area contributed by atoms with Gasteiger partial charge in [0.25, 0.3) is 0 Å². The number of para-hydroxylation sites is 1. The van der Waals surface area contributed by atoms with Crippen molar-refractivity contribution >= 4 is 23.4 Å². The van der Waals surface area contributed by atoms with Crippen molar-refractivity contribution in [2.75, 3.05) is 18.8 Å². The molecule has 0 radical (unpaired) electrons. The summed E-state index contributed by atoms with van der Waals surface area (Å²) in [7, 11) is 0. The first kappa shape index (κ1) is 23.0. The fourth-order valence-corrected chi connectivity index (χ4v) is 7.41. The number of nitrogens with two attached hydrogens (primary N) is 1. The highest BCUT2D eigenvalue weighted by Crippen LogP contribution is 2.54. The van der Waals surface area contributed by atoms with E-state index in [9.17, 15) is 9.90 Å². The number of fused-ring (bicyclic) bond motifs is 1. The van der Waals surface area contributed by atoms with Crippen LogP contribution in [-0.4, -0.2) is 39.9 Å². The fraction of sp³-hybridized carbons (Fsp3) is 0.345. The number of rotatable bonds is 6. The third-order valence-corrected chi connectivity index (χ3v) is 9.12. The molecule has 1 saturated heterocycles. The molecule has 5 heteroatoms. The van der Waals surface area contributed by atoms with Crippen LogP contribution in [0.25, 0.3) is 0 Å². The van der Waals surface area contributed by atoms with Gasteiger partial charge in [-0.3, -0.25) is 4.79 Å². The Morgan fingerprint density at radius 1 is 0.971 bits per heavy atom. The van der Waals surface area contributed by atoms with E-state index in [1.54, 1.807) is 0 Å². The average molecular weight is 473 g/mol. The van der Waals surface area contributed by atoms with E-state index in [0.717, 1.165) is 24.8 Å². The molecule has 0 spiro atoms. The van der Waals surface area contributed by atoms with Gasteiger partial charge >= 0.3 is 0 Å². The molecule has 1 heterocycles. The maximum atomic E-state index is 13.3. The molecule has 4 unspecified atom stereocenters. The highest BCUT2D eigenvalue weighted by molar-refractivity contribution is 8.00. The molecule has 1 saturated carbocycles. The van der Waals surface area contributed by atoms with Crippen LogP contribution < -0.4 is 5.73 Å². The van der Waals surface area contributed by atoms with E-state index in [0.29, 0.717) is 25.2 Å². The highest BCUT2D eigenvalue weighted by Gasteiger charge is 2.54. The summed E-state index contributed by atoms with van der Waals surface area (Å²) in [5.41, 5.74) is 8.95. The highest BCUT2D eigenvalue weighted by atomic mass is 32.2. The van der Waals surface area contributed by atoms with E-state index in [2.05, 4.69) is 54.6 Å². The molecule has 176 valence electrons. The molecule has 3 aromatic carbocycles. The zero-order chi connectivity index (χ0) is 23.5. The predicted molar refractivity (Wildman–Crippen MR) is 139 cm³/mol. The van der Waals surface area contributed by atoms with E-state index < -0.39 is 0 Å². The number of hydrogen-bond donors (Lipinski definition) is 2. The predicted octanol–water partition coefficient (Wildman–Crippen LogP) is 4.81. The van der Waals surface area contributed by atoms with Crippen LogP contribution in [0.4, 0.5) is 5.69 Å². The molecule has 34 heavy (non-hydrogen) atoms. The molecule has 1 aliphatic heterocycles. The van der Waals surface area contributed by atoms with Crippen LogP contribution in [0.1, 0.15) is 24.0 Å². The zero-order valence-corrected chi connectivity index (χ0v) is 20.2. The second-order valence-electron chi connectivity index (χ2n) is 9.69. The monoisotopic (exact) mass is 472 g/mol. The summed E-state index contributed by atoms with van der Waals surface area (Å²) >= 11 is 1.94. The Hall–Kier alpha value is -2.76. The van der Waals surface area contributed by atoms with Crippen LogP contribution in [0.15, 0.2) is 89.8 Å². The molecule has 1 aliphatic carbocycles. The lowest BCUT2D eigenvalue weighted by Gasteiger charge is -2.47. The number of nitrogens with zero attached hydrogens (tertiary/aromatic N) is 1. The number of thioether (sulfide) groups is 1. The van der Waals surface area contributed by atoms with E-state index in [1.165, 1.54) is 10.5 Å². The number of nitrogen functional groups attached to an aromatic ring is 1. The van der Waals surface area contributed by atoms with Crippen molar-refractivity contribution in [2.45, 2.75) is 41.4 Å². The van der Waals surface area contributed by atoms with Gasteiger partial charge in [0.2, 0.25) is 5.91 Å². The van der Waals surface area contributed by atoms with Gasteiger partial charge in [0.1, 0.15) is 0 Å². The van der Waals surface area contributed by atoms with Gasteiger partial charge in [-0.2, -0.15) is 0 Å². The Labute approximate surface area is 206 Å². The molecule has 4 atom stereocenters. The third-order valence-electron chi connectivity index (χ3n) is 7.56. The lowest BCUT2D eigenvalue weighted by Crippen LogP contribution is -2.49. The van der Waals surface area contributed by atoms with Crippen LogP contribution in [0.3, 0.4) is 0 Å². The largest absolute Gasteiger partial charge is 0.398 e. The molecular weight excluding hydrogens is 440 g/mol. The van der Waals surface area contributed by atoms with Gasteiger partial charge in [-0.25, -0.2) is 0 Å². The second-order valence-corrected chi connectivity index (χ2v) is 11.2. The van der Waals surface area contributed by atoms with Crippen molar-refractivity contribution in [3.05, 3.63) is 96.1 Å². The summed E-state index contributed by atoms with van der Waals surface area (Å²) in [6, 6.07) is 28.8. The minimum absolute atomic E-state index is 0.0760. The number of likely N-dealkylation sites (tertiary alicyclic amines) is 1. The third kappa shape index (κ3) is 4.73. The number of aliphatic hydroxyl groups is 1. The number of amides is 1. The Morgan fingerprint density at radius 2 is 1.65 bits per heavy atom. The molecule has 4 nitrogen and oxygen atoms in total. The second kappa shape index (κ2) is 9.85. The van der Waals surface area contributed by atoms with Crippen LogP contribution >= 0.6 is 11.8 Å². The summed E-state index contributed by atoms with van der Waals surface area (Å²) in [5.74, 6) is 0.405. The van der Waals surface area contributed by atoms with Crippen LogP contribution in [0, 0.1) is 11.8 Å². The lowest BCUT2D eigenvalue weighted by atomic mass is 9.69. The lowest BCUT2D eigenvalue weighted by molar-refractivity contribution is -0.129. The maximum absolute atomic E-state index is 13.3. The van der Waals surface area contributed by atoms with Crippen molar-refractivity contribution in [3.63, 3.8) is 0 Å². The van der Waals surface area contributed by atoms with E-state index >= 15 is 0 Å². The van der Waals surface area contributed by atoms with Crippen LogP contribution in [0.5, 0.6) is 0 Å². The summed E-state index contributed by atoms with van der Waals surface area (Å²) in [6.45, 7) is 1.29. The standard InChI is InChI=1S/C29H32N2O2S/c30-26-14-8-7-11-22(26)17-28(33)31-19-24-25(20-31)29(16-15-27(24)32,18-21-9-3-1-4-10-21)34-23-12-5-2-6-13-23/h1-14,24-25,27,32H,15-20,30H2. The number of carbonyl (C=O) groups is 1. The van der Waals surface area contributed by atoms with Crippen molar-refractivity contribution < 1.29 is 9.90 Å². The van der Waals surface area contributed by atoms with Crippen molar-refractivity contribution in [1.29, 1.82) is 0 Å². The summed E-state index contributed by atoms with van der Waals surface area (Å²) in [6.07, 6.45) is 2.55. The minimum atomic E-state index is -0.370. The molecule has 1 amide bonds. The van der Waals surface area contributed by atoms with Crippen molar-refractivity contribution in [3.8, 4) is 0 Å². The fourth-order valence-electron chi connectivity index (χ4n) is 5.79. The Kier molecular flexibility index (Phi) is 6.66. The normalized spacial score (nSPS) is 26.3. The molecule has 3 N–H and O–H groups in total. The maximum Gasteiger partial charge on any atom is 0.227 e. The van der Waals surface area contributed by atoms with Gasteiger partial charge in [0, 0.05) is 34.3 Å². The van der Waals surface area contributed by atoms with Gasteiger partial charge in [-0.1, -0.05) is 66.7 Å². The molecule has 2 aliphatic rings. The first-order valence-corrected chi connectivity index (χ1v) is 12.9. The average Bonchev–Trinajstić information content (AvgIpc) is 3.32. The summed E-state index contributed by atoms with van der Waals surface area (Å²) in [4.78, 5) is 16.5. The number of anilines is 1. The van der Waals surface area contributed by atoms with Gasteiger partial charge in [0.05, 0.1) is 12.5 Å². The number of aliphatic hydroxyl groups excluding tert-OH is 1. The summed E-state index contributed by atoms with van der Waals surface area (Å²) < 4.78 is -0.0760. The smallest absolute Gasteiger partial charge is 0.227 e. The number of hydrogen-bond acceptors (Lipinski definition) is 4. The van der Waals surface area contributed by atoms with Gasteiger partial charge in [-0.05, 0) is 54.5 Å². The Morgan fingerprint density at radius 3 is 2.38 bits per heavy atom. The van der Waals surface area contributed by atoms with Crippen LogP contribution in [-0.2, 0) is 17.6 Å². The van der Waals surface area contributed by atoms with Gasteiger partial charge in [-0.15, -0.1) is 11.8 Å². The number of carbonyl (C=O) groups excluding carboxylic acids is 1. The van der Waals surface area contributed by atoms with E-state index in [1.807, 2.05) is 47.0 Å². The first-order valence-electron chi connectivity index (χ1n) is 12.1. The molecule has 5 rings (SSSR count). The number of benzene rings is 3. The SMILES string of the molecule is Nc1ccccc1CC(=O)N1CC2C(O)CCC(Cc3ccccc3)(Sc3ccccc3)C2C1. The van der Waals surface area contributed by atoms with Crippen molar-refractivity contribution in [2.24, 2.45) is 11.8 Å². The first-order chi connectivity index (χ1) is 16.5. The summed E-state index contributed by atoms with van der Waals surface area (Å²) in [5, 5.41) is 11.0.